The molecule has 4 amide bonds. The minimum Gasteiger partial charge on any atom is -0.277 e. The van der Waals surface area contributed by atoms with Crippen LogP contribution in [0.3, 0.4) is 0 Å². The van der Waals surface area contributed by atoms with Gasteiger partial charge in [0.1, 0.15) is 6.42 Å². The molecule has 1 aliphatic rings. The van der Waals surface area contributed by atoms with Gasteiger partial charge in [0.05, 0.1) is 6.04 Å². The molecule has 0 aliphatic carbocycles. The molecule has 0 bridgehead atoms. The zero-order valence-corrected chi connectivity index (χ0v) is 10.2. The number of halogens is 1. The highest BCUT2D eigenvalue weighted by molar-refractivity contribution is 6.19. The lowest BCUT2D eigenvalue weighted by molar-refractivity contribution is -0.137. The van der Waals surface area contributed by atoms with Crippen LogP contribution in [0.25, 0.3) is 0 Å². The van der Waals surface area contributed by atoms with E-state index in [2.05, 4.69) is 5.32 Å². The number of nitrogens with zero attached hydrogens (tertiary/aromatic N) is 1. The molecule has 1 fully saturated rings. The van der Waals surface area contributed by atoms with Crippen molar-refractivity contribution in [3.05, 3.63) is 35.9 Å². The summed E-state index contributed by atoms with van der Waals surface area (Å²) >= 11 is 5.84. The molecule has 5 nitrogen and oxygen atoms in total. The Kier molecular flexibility index (Phi) is 3.62. The lowest BCUT2D eigenvalue weighted by atomic mass is 10.1. The highest BCUT2D eigenvalue weighted by Crippen LogP contribution is 2.24. The van der Waals surface area contributed by atoms with Crippen LogP contribution >= 0.6 is 11.6 Å². The molecule has 1 atom stereocenters. The van der Waals surface area contributed by atoms with Gasteiger partial charge in [0.25, 0.3) is 0 Å². The Hall–Kier alpha value is -1.88. The SMILES string of the molecule is O=C1CC(=O)N(C(CCl)c2ccccc2)C(=O)N1. The number of rotatable bonds is 3. The molecule has 1 aromatic rings. The first-order chi connectivity index (χ1) is 8.63. The van der Waals surface area contributed by atoms with Crippen LogP contribution in [0.5, 0.6) is 0 Å². The van der Waals surface area contributed by atoms with E-state index in [1.54, 1.807) is 24.3 Å². The molecule has 0 aromatic heterocycles. The van der Waals surface area contributed by atoms with Crippen molar-refractivity contribution < 1.29 is 14.4 Å². The van der Waals surface area contributed by atoms with Gasteiger partial charge < -0.3 is 0 Å². The van der Waals surface area contributed by atoms with Gasteiger partial charge in [-0.15, -0.1) is 11.6 Å². The molecule has 0 radical (unpaired) electrons. The summed E-state index contributed by atoms with van der Waals surface area (Å²) in [6.45, 7) is 0. The molecule has 18 heavy (non-hydrogen) atoms. The van der Waals surface area contributed by atoms with Crippen molar-refractivity contribution in [1.29, 1.82) is 0 Å². The van der Waals surface area contributed by atoms with Crippen LogP contribution in [0.4, 0.5) is 4.79 Å². The number of nitrogens with one attached hydrogen (secondary N) is 1. The van der Waals surface area contributed by atoms with Crippen molar-refractivity contribution in [3.8, 4) is 0 Å². The third-order valence-corrected chi connectivity index (χ3v) is 2.98. The second-order valence-electron chi connectivity index (χ2n) is 3.87. The Morgan fingerprint density at radius 1 is 1.22 bits per heavy atom. The molecule has 2 rings (SSSR count). The van der Waals surface area contributed by atoms with Gasteiger partial charge in [-0.2, -0.15) is 0 Å². The van der Waals surface area contributed by atoms with E-state index in [1.807, 2.05) is 6.07 Å². The first-order valence-electron chi connectivity index (χ1n) is 5.40. The molecule has 1 N–H and O–H groups in total. The van der Waals surface area contributed by atoms with E-state index in [0.29, 0.717) is 0 Å². The van der Waals surface area contributed by atoms with Crippen molar-refractivity contribution in [2.45, 2.75) is 12.5 Å². The molecule has 1 aromatic carbocycles. The topological polar surface area (TPSA) is 66.5 Å². The van der Waals surface area contributed by atoms with Gasteiger partial charge in [0.2, 0.25) is 11.8 Å². The van der Waals surface area contributed by atoms with E-state index in [-0.39, 0.29) is 12.3 Å². The van der Waals surface area contributed by atoms with Gasteiger partial charge >= 0.3 is 6.03 Å². The highest BCUT2D eigenvalue weighted by Gasteiger charge is 2.36. The number of imide groups is 2. The van der Waals surface area contributed by atoms with Crippen molar-refractivity contribution >= 4 is 29.4 Å². The van der Waals surface area contributed by atoms with Gasteiger partial charge in [0.15, 0.2) is 0 Å². The van der Waals surface area contributed by atoms with Crippen LogP contribution in [0, 0.1) is 0 Å². The van der Waals surface area contributed by atoms with Crippen LogP contribution < -0.4 is 5.32 Å². The van der Waals surface area contributed by atoms with Gasteiger partial charge in [-0.25, -0.2) is 4.79 Å². The third-order valence-electron chi connectivity index (χ3n) is 2.69. The van der Waals surface area contributed by atoms with Crippen molar-refractivity contribution in [1.82, 2.24) is 10.2 Å². The lowest BCUT2D eigenvalue weighted by Crippen LogP contribution is -2.54. The average Bonchev–Trinajstić information content (AvgIpc) is 2.34. The predicted molar refractivity (Wildman–Crippen MR) is 64.9 cm³/mol. The Morgan fingerprint density at radius 2 is 1.89 bits per heavy atom. The van der Waals surface area contributed by atoms with E-state index >= 15 is 0 Å². The number of benzene rings is 1. The smallest absolute Gasteiger partial charge is 0.277 e. The van der Waals surface area contributed by atoms with E-state index in [1.165, 1.54) is 0 Å². The number of alkyl halides is 1. The highest BCUT2D eigenvalue weighted by atomic mass is 35.5. The lowest BCUT2D eigenvalue weighted by Gasteiger charge is -2.31. The standard InChI is InChI=1S/C12H11ClN2O3/c13-7-9(8-4-2-1-3-5-8)15-11(17)6-10(16)14-12(15)18/h1-5,9H,6-7H2,(H,14,16,18). The van der Waals surface area contributed by atoms with Crippen molar-refractivity contribution in [2.75, 3.05) is 5.88 Å². The quantitative estimate of drug-likeness (QED) is 0.665. The summed E-state index contributed by atoms with van der Waals surface area (Å²) < 4.78 is 0. The average molecular weight is 267 g/mol. The molecular weight excluding hydrogens is 256 g/mol. The molecule has 6 heteroatoms. The van der Waals surface area contributed by atoms with Crippen LogP contribution in [-0.2, 0) is 9.59 Å². The maximum atomic E-state index is 11.8. The summed E-state index contributed by atoms with van der Waals surface area (Å²) in [6, 6.07) is 7.71. The first-order valence-corrected chi connectivity index (χ1v) is 5.93. The van der Waals surface area contributed by atoms with Crippen molar-refractivity contribution in [3.63, 3.8) is 0 Å². The zero-order chi connectivity index (χ0) is 13.1. The molecule has 1 heterocycles. The fraction of sp³-hybridized carbons (Fsp3) is 0.250. The maximum absolute atomic E-state index is 11.8. The summed E-state index contributed by atoms with van der Waals surface area (Å²) in [6.07, 6.45) is -0.327. The Balaban J connectivity index is 2.30. The summed E-state index contributed by atoms with van der Waals surface area (Å²) in [7, 11) is 0. The number of barbiturate groups is 1. The molecule has 1 aliphatic heterocycles. The minimum absolute atomic E-state index is 0.0807. The van der Waals surface area contributed by atoms with E-state index in [0.717, 1.165) is 10.5 Å². The maximum Gasteiger partial charge on any atom is 0.331 e. The minimum atomic E-state index is -0.717. The van der Waals surface area contributed by atoms with Gasteiger partial charge in [-0.05, 0) is 5.56 Å². The number of amides is 4. The fourth-order valence-corrected chi connectivity index (χ4v) is 2.17. The van der Waals surface area contributed by atoms with Crippen LogP contribution in [0.2, 0.25) is 0 Å². The summed E-state index contributed by atoms with van der Waals surface area (Å²) in [4.78, 5) is 35.5. The van der Waals surface area contributed by atoms with Gasteiger partial charge in [-0.1, -0.05) is 30.3 Å². The number of hydrogen-bond donors (Lipinski definition) is 1. The van der Waals surface area contributed by atoms with E-state index in [9.17, 15) is 14.4 Å². The Labute approximate surface area is 109 Å². The second kappa shape index (κ2) is 5.18. The normalized spacial score (nSPS) is 17.6. The fourth-order valence-electron chi connectivity index (χ4n) is 1.86. The molecule has 0 spiro atoms. The van der Waals surface area contributed by atoms with Gasteiger partial charge in [0, 0.05) is 5.88 Å². The molecular formula is C12H11ClN2O3. The number of carbonyl (C=O) groups excluding carboxylic acids is 3. The molecule has 1 unspecified atom stereocenters. The molecule has 94 valence electrons. The summed E-state index contributed by atoms with van der Waals surface area (Å²) in [5.74, 6) is -1.03. The number of carbonyl (C=O) groups is 3. The monoisotopic (exact) mass is 266 g/mol. The summed E-state index contributed by atoms with van der Waals surface area (Å²) in [5.41, 5.74) is 0.755. The van der Waals surface area contributed by atoms with E-state index in [4.69, 9.17) is 11.6 Å². The summed E-state index contributed by atoms with van der Waals surface area (Å²) in [5, 5.41) is 2.11. The third kappa shape index (κ3) is 2.36. The van der Waals surface area contributed by atoms with Gasteiger partial charge in [-0.3, -0.25) is 19.8 Å². The van der Waals surface area contributed by atoms with Crippen LogP contribution in [0.1, 0.15) is 18.0 Å². The molecule has 0 saturated carbocycles. The zero-order valence-electron chi connectivity index (χ0n) is 9.43. The predicted octanol–water partition coefficient (Wildman–Crippen LogP) is 1.43. The van der Waals surface area contributed by atoms with Crippen molar-refractivity contribution in [2.24, 2.45) is 0 Å². The number of hydrogen-bond acceptors (Lipinski definition) is 3. The Bertz CT molecular complexity index is 469. The largest absolute Gasteiger partial charge is 0.331 e. The second-order valence-corrected chi connectivity index (χ2v) is 4.18. The van der Waals surface area contributed by atoms with Crippen LogP contribution in [-0.4, -0.2) is 28.6 Å². The Morgan fingerprint density at radius 3 is 2.44 bits per heavy atom. The van der Waals surface area contributed by atoms with E-state index < -0.39 is 23.9 Å². The molecule has 1 saturated heterocycles. The first kappa shape index (κ1) is 12.6. The number of urea groups is 1. The van der Waals surface area contributed by atoms with Crippen LogP contribution in [0.15, 0.2) is 30.3 Å².